The molecule has 0 aliphatic heterocycles. The first kappa shape index (κ1) is 22.2. The van der Waals surface area contributed by atoms with Crippen molar-refractivity contribution in [3.05, 3.63) is 90.3 Å². The second kappa shape index (κ2) is 10.1. The average molecular weight is 444 g/mol. The van der Waals surface area contributed by atoms with Crippen LogP contribution in [-0.4, -0.2) is 44.3 Å². The minimum absolute atomic E-state index is 0.0306. The Kier molecular flexibility index (Phi) is 6.75. The Morgan fingerprint density at radius 2 is 1.79 bits per heavy atom. The van der Waals surface area contributed by atoms with Crippen molar-refractivity contribution in [1.82, 2.24) is 25.4 Å². The first-order valence-electron chi connectivity index (χ1n) is 10.8. The van der Waals surface area contributed by atoms with Gasteiger partial charge in [-0.05, 0) is 30.7 Å². The summed E-state index contributed by atoms with van der Waals surface area (Å²) in [5.74, 6) is -0.463. The number of rotatable bonds is 8. The second-order valence-electron chi connectivity index (χ2n) is 7.59. The van der Waals surface area contributed by atoms with Crippen LogP contribution in [0.4, 0.5) is 0 Å². The quantitative estimate of drug-likeness (QED) is 0.388. The van der Waals surface area contributed by atoms with Crippen molar-refractivity contribution in [2.24, 2.45) is 0 Å². The molecule has 4 rings (SSSR count). The Balaban J connectivity index is 1.63. The molecule has 0 aliphatic carbocycles. The summed E-state index contributed by atoms with van der Waals surface area (Å²) in [5, 5.41) is 21.4. The van der Waals surface area contributed by atoms with Crippen molar-refractivity contribution in [3.8, 4) is 5.82 Å². The Morgan fingerprint density at radius 1 is 1.03 bits per heavy atom. The van der Waals surface area contributed by atoms with Crippen LogP contribution in [0, 0.1) is 0 Å². The molecule has 0 aliphatic rings. The van der Waals surface area contributed by atoms with Crippen molar-refractivity contribution in [2.75, 3.05) is 6.54 Å². The van der Waals surface area contributed by atoms with Gasteiger partial charge in [-0.2, -0.15) is 5.10 Å². The summed E-state index contributed by atoms with van der Waals surface area (Å²) >= 11 is 0. The monoisotopic (exact) mass is 443 g/mol. The molecule has 2 atom stereocenters. The molecule has 0 spiro atoms. The van der Waals surface area contributed by atoms with Crippen molar-refractivity contribution in [2.45, 2.75) is 25.5 Å². The number of hydrogen-bond donors (Lipinski definition) is 3. The van der Waals surface area contributed by atoms with Crippen LogP contribution in [0.5, 0.6) is 0 Å². The van der Waals surface area contributed by atoms with E-state index in [0.717, 1.165) is 16.5 Å². The number of fused-ring (bicyclic) bond motifs is 1. The molecule has 2 aromatic carbocycles. The van der Waals surface area contributed by atoms with Gasteiger partial charge in [0.1, 0.15) is 6.10 Å². The number of carbonyl (C=O) groups is 2. The van der Waals surface area contributed by atoms with Gasteiger partial charge in [0.15, 0.2) is 5.82 Å². The minimum Gasteiger partial charge on any atom is -0.383 e. The van der Waals surface area contributed by atoms with Crippen molar-refractivity contribution < 1.29 is 14.7 Å². The fourth-order valence-electron chi connectivity index (χ4n) is 3.65. The maximum atomic E-state index is 13.3. The summed E-state index contributed by atoms with van der Waals surface area (Å²) < 4.78 is 1.58. The molecule has 0 fully saturated rings. The Bertz CT molecular complexity index is 1220. The van der Waals surface area contributed by atoms with Crippen LogP contribution in [0.25, 0.3) is 16.7 Å². The van der Waals surface area contributed by atoms with Gasteiger partial charge in [-0.15, -0.1) is 0 Å². The van der Waals surface area contributed by atoms with Crippen LogP contribution in [0.3, 0.4) is 0 Å². The summed E-state index contributed by atoms with van der Waals surface area (Å²) in [4.78, 5) is 29.8. The highest BCUT2D eigenvalue weighted by Gasteiger charge is 2.25. The highest BCUT2D eigenvalue weighted by atomic mass is 16.3. The lowest BCUT2D eigenvalue weighted by molar-refractivity contribution is -0.129. The van der Waals surface area contributed by atoms with E-state index in [0.29, 0.717) is 17.9 Å². The lowest BCUT2D eigenvalue weighted by Crippen LogP contribution is -2.39. The molecule has 168 valence electrons. The lowest BCUT2D eigenvalue weighted by Gasteiger charge is -2.22. The molecule has 0 saturated carbocycles. The maximum absolute atomic E-state index is 13.3. The van der Waals surface area contributed by atoms with Crippen LogP contribution in [0.2, 0.25) is 0 Å². The molecule has 2 unspecified atom stereocenters. The highest BCUT2D eigenvalue weighted by molar-refractivity contribution is 5.97. The van der Waals surface area contributed by atoms with Crippen LogP contribution in [-0.2, 0) is 4.79 Å². The summed E-state index contributed by atoms with van der Waals surface area (Å²) in [7, 11) is 0. The number of hydrogen-bond acceptors (Lipinski definition) is 5. The molecule has 0 bridgehead atoms. The molecule has 0 saturated heterocycles. The fourth-order valence-corrected chi connectivity index (χ4v) is 3.65. The third-order valence-electron chi connectivity index (χ3n) is 5.28. The van der Waals surface area contributed by atoms with Gasteiger partial charge in [-0.25, -0.2) is 9.67 Å². The Morgan fingerprint density at radius 3 is 2.55 bits per heavy atom. The van der Waals surface area contributed by atoms with E-state index in [1.165, 1.54) is 0 Å². The van der Waals surface area contributed by atoms with Crippen molar-refractivity contribution in [3.63, 3.8) is 0 Å². The lowest BCUT2D eigenvalue weighted by atomic mass is 9.99. The van der Waals surface area contributed by atoms with Gasteiger partial charge >= 0.3 is 0 Å². The van der Waals surface area contributed by atoms with E-state index in [2.05, 4.69) is 20.7 Å². The average Bonchev–Trinajstić information content (AvgIpc) is 3.28. The Hall–Kier alpha value is -4.04. The number of carbonyl (C=O) groups excluding carboxylic acids is 2. The van der Waals surface area contributed by atoms with Gasteiger partial charge in [0.05, 0.1) is 17.1 Å². The van der Waals surface area contributed by atoms with Crippen LogP contribution in [0.15, 0.2) is 79.1 Å². The van der Waals surface area contributed by atoms with Crippen molar-refractivity contribution in [1.29, 1.82) is 0 Å². The van der Waals surface area contributed by atoms with E-state index in [1.807, 2.05) is 60.8 Å². The standard InChI is InChI=1S/C25H25N5O3/c1-2-26-25(33)22(31)15-21(17-9-4-3-5-10-17)28-24(32)19-12-8-14-27-23(19)30-16-18-11-6-7-13-20(18)29-30/h3-14,16,21-22,31H,2,15H2,1H3,(H,26,33)(H,28,32). The number of aliphatic hydroxyl groups excluding tert-OH is 1. The predicted octanol–water partition coefficient (Wildman–Crippen LogP) is 2.78. The van der Waals surface area contributed by atoms with Gasteiger partial charge in [-0.3, -0.25) is 9.59 Å². The third-order valence-corrected chi connectivity index (χ3v) is 5.28. The van der Waals surface area contributed by atoms with Gasteiger partial charge < -0.3 is 15.7 Å². The number of pyridine rings is 1. The minimum atomic E-state index is -1.26. The van der Waals surface area contributed by atoms with Gasteiger partial charge in [0, 0.05) is 30.7 Å². The largest absolute Gasteiger partial charge is 0.383 e. The molecule has 2 aromatic heterocycles. The molecule has 33 heavy (non-hydrogen) atoms. The van der Waals surface area contributed by atoms with Gasteiger partial charge in [-0.1, -0.05) is 48.5 Å². The second-order valence-corrected chi connectivity index (χ2v) is 7.59. The first-order chi connectivity index (χ1) is 16.1. The molecule has 2 heterocycles. The van der Waals surface area contributed by atoms with Crippen LogP contribution < -0.4 is 10.6 Å². The topological polar surface area (TPSA) is 109 Å². The zero-order valence-corrected chi connectivity index (χ0v) is 18.2. The molecule has 8 heteroatoms. The SMILES string of the molecule is CCNC(=O)C(O)CC(NC(=O)c1cccnc1-n1cc2ccccc2n1)c1ccccc1. The summed E-state index contributed by atoms with van der Waals surface area (Å²) in [6, 6.07) is 19.7. The predicted molar refractivity (Wildman–Crippen MR) is 125 cm³/mol. The normalized spacial score (nSPS) is 12.8. The summed E-state index contributed by atoms with van der Waals surface area (Å²) in [6.07, 6.45) is 2.19. The van der Waals surface area contributed by atoms with E-state index >= 15 is 0 Å². The van der Waals surface area contributed by atoms with E-state index in [9.17, 15) is 14.7 Å². The molecule has 0 radical (unpaired) electrons. The van der Waals surface area contributed by atoms with Crippen LogP contribution >= 0.6 is 0 Å². The number of likely N-dealkylation sites (N-methyl/N-ethyl adjacent to an activating group) is 1. The Labute approximate surface area is 191 Å². The van der Waals surface area contributed by atoms with Gasteiger partial charge in [0.25, 0.3) is 5.91 Å². The van der Waals surface area contributed by atoms with Crippen LogP contribution in [0.1, 0.15) is 35.3 Å². The highest BCUT2D eigenvalue weighted by Crippen LogP contribution is 2.21. The molecule has 2 amide bonds. The number of amides is 2. The van der Waals surface area contributed by atoms with Crippen molar-refractivity contribution >= 4 is 22.7 Å². The van der Waals surface area contributed by atoms with Gasteiger partial charge in [0.2, 0.25) is 5.91 Å². The number of nitrogens with zero attached hydrogens (tertiary/aromatic N) is 3. The molecule has 3 N–H and O–H groups in total. The molecule has 4 aromatic rings. The number of aromatic nitrogens is 3. The molecular formula is C25H25N5O3. The summed E-state index contributed by atoms with van der Waals surface area (Å²) in [5.41, 5.74) is 1.91. The first-order valence-corrected chi connectivity index (χ1v) is 10.8. The zero-order valence-electron chi connectivity index (χ0n) is 18.2. The maximum Gasteiger partial charge on any atom is 0.255 e. The third kappa shape index (κ3) is 5.07. The summed E-state index contributed by atoms with van der Waals surface area (Å²) in [6.45, 7) is 2.19. The zero-order chi connectivity index (χ0) is 23.2. The number of aliphatic hydroxyl groups is 1. The number of nitrogens with one attached hydrogen (secondary N) is 2. The number of benzene rings is 2. The van der Waals surface area contributed by atoms with E-state index in [4.69, 9.17) is 0 Å². The molecule has 8 nitrogen and oxygen atoms in total. The van der Waals surface area contributed by atoms with E-state index < -0.39 is 18.1 Å². The molecular weight excluding hydrogens is 418 g/mol. The van der Waals surface area contributed by atoms with E-state index in [-0.39, 0.29) is 12.3 Å². The smallest absolute Gasteiger partial charge is 0.255 e. The van der Waals surface area contributed by atoms with E-state index in [1.54, 1.807) is 29.9 Å². The fraction of sp³-hybridized carbons (Fsp3) is 0.200.